The van der Waals surface area contributed by atoms with Gasteiger partial charge >= 0.3 is 0 Å². The van der Waals surface area contributed by atoms with Gasteiger partial charge in [0.25, 0.3) is 0 Å². The van der Waals surface area contributed by atoms with E-state index in [4.69, 9.17) is 0 Å². The molecular formula is C16H15BrFN. The standard InChI is InChI=1S/C16H15BrFN/c17-15-9-14(7-8-16(15)18)19-10-11-1-3-12(4-2-11)13-5-6-13/h1-4,7-9,13,19H,5-6,10H2. The summed E-state index contributed by atoms with van der Waals surface area (Å²) in [4.78, 5) is 0. The Hall–Kier alpha value is -1.35. The first kappa shape index (κ1) is 12.7. The van der Waals surface area contributed by atoms with Gasteiger partial charge in [-0.25, -0.2) is 4.39 Å². The fourth-order valence-corrected chi connectivity index (χ4v) is 2.51. The number of hydrogen-bond acceptors (Lipinski definition) is 1. The molecule has 1 aliphatic rings. The van der Waals surface area contributed by atoms with Crippen molar-refractivity contribution >= 4 is 21.6 Å². The number of benzene rings is 2. The number of halogens is 2. The van der Waals surface area contributed by atoms with Gasteiger partial charge in [-0.3, -0.25) is 0 Å². The summed E-state index contributed by atoms with van der Waals surface area (Å²) in [6.45, 7) is 0.753. The van der Waals surface area contributed by atoms with E-state index >= 15 is 0 Å². The Kier molecular flexibility index (Phi) is 3.56. The summed E-state index contributed by atoms with van der Waals surface area (Å²) in [5.41, 5.74) is 3.61. The normalized spacial score (nSPS) is 14.4. The fourth-order valence-electron chi connectivity index (χ4n) is 2.13. The van der Waals surface area contributed by atoms with E-state index in [9.17, 15) is 4.39 Å². The molecule has 0 unspecified atom stereocenters. The minimum atomic E-state index is -0.237. The molecule has 2 aromatic carbocycles. The van der Waals surface area contributed by atoms with E-state index in [0.717, 1.165) is 18.2 Å². The van der Waals surface area contributed by atoms with E-state index in [0.29, 0.717) is 4.47 Å². The Labute approximate surface area is 121 Å². The van der Waals surface area contributed by atoms with E-state index < -0.39 is 0 Å². The van der Waals surface area contributed by atoms with Gasteiger partial charge in [-0.2, -0.15) is 0 Å². The topological polar surface area (TPSA) is 12.0 Å². The molecule has 0 saturated heterocycles. The SMILES string of the molecule is Fc1ccc(NCc2ccc(C3CC3)cc2)cc1Br. The third-order valence-electron chi connectivity index (χ3n) is 3.44. The minimum Gasteiger partial charge on any atom is -0.381 e. The lowest BCUT2D eigenvalue weighted by atomic mass is 10.1. The van der Waals surface area contributed by atoms with Crippen LogP contribution in [0.1, 0.15) is 29.9 Å². The molecule has 1 N–H and O–H groups in total. The van der Waals surface area contributed by atoms with Crippen molar-refractivity contribution in [3.63, 3.8) is 0 Å². The Morgan fingerprint density at radius 1 is 1.11 bits per heavy atom. The van der Waals surface area contributed by atoms with E-state index in [-0.39, 0.29) is 5.82 Å². The smallest absolute Gasteiger partial charge is 0.137 e. The van der Waals surface area contributed by atoms with Crippen molar-refractivity contribution in [1.82, 2.24) is 0 Å². The molecule has 0 spiro atoms. The lowest BCUT2D eigenvalue weighted by molar-refractivity contribution is 0.621. The van der Waals surface area contributed by atoms with Crippen LogP contribution in [0.2, 0.25) is 0 Å². The monoisotopic (exact) mass is 319 g/mol. The molecule has 0 radical (unpaired) electrons. The second kappa shape index (κ2) is 5.33. The summed E-state index contributed by atoms with van der Waals surface area (Å²) in [5.74, 6) is 0.564. The molecular weight excluding hydrogens is 305 g/mol. The average molecular weight is 320 g/mol. The molecule has 0 aliphatic heterocycles. The molecule has 0 aromatic heterocycles. The van der Waals surface area contributed by atoms with Crippen molar-refractivity contribution in [2.24, 2.45) is 0 Å². The minimum absolute atomic E-state index is 0.237. The number of hydrogen-bond donors (Lipinski definition) is 1. The molecule has 0 amide bonds. The van der Waals surface area contributed by atoms with Gasteiger partial charge in [-0.1, -0.05) is 24.3 Å². The van der Waals surface area contributed by atoms with Crippen LogP contribution < -0.4 is 5.32 Å². The molecule has 3 heteroatoms. The van der Waals surface area contributed by atoms with Crippen molar-refractivity contribution in [2.45, 2.75) is 25.3 Å². The molecule has 19 heavy (non-hydrogen) atoms. The fraction of sp³-hybridized carbons (Fsp3) is 0.250. The summed E-state index contributed by atoms with van der Waals surface area (Å²) in [5, 5.41) is 3.30. The Morgan fingerprint density at radius 2 is 1.84 bits per heavy atom. The zero-order chi connectivity index (χ0) is 13.2. The highest BCUT2D eigenvalue weighted by Gasteiger charge is 2.22. The van der Waals surface area contributed by atoms with Gasteiger partial charge in [-0.15, -0.1) is 0 Å². The molecule has 2 aromatic rings. The predicted molar refractivity (Wildman–Crippen MR) is 79.8 cm³/mol. The Balaban J connectivity index is 1.63. The van der Waals surface area contributed by atoms with Crippen molar-refractivity contribution in [3.8, 4) is 0 Å². The highest BCUT2D eigenvalue weighted by atomic mass is 79.9. The lowest BCUT2D eigenvalue weighted by Crippen LogP contribution is -1.99. The number of rotatable bonds is 4. The largest absolute Gasteiger partial charge is 0.381 e. The molecule has 1 fully saturated rings. The molecule has 1 aliphatic carbocycles. The van der Waals surface area contributed by atoms with Crippen LogP contribution >= 0.6 is 15.9 Å². The third-order valence-corrected chi connectivity index (χ3v) is 4.05. The van der Waals surface area contributed by atoms with Crippen LogP contribution in [0.3, 0.4) is 0 Å². The highest BCUT2D eigenvalue weighted by molar-refractivity contribution is 9.10. The molecule has 1 saturated carbocycles. The maximum Gasteiger partial charge on any atom is 0.137 e. The second-order valence-electron chi connectivity index (χ2n) is 5.00. The molecule has 3 rings (SSSR count). The molecule has 98 valence electrons. The van der Waals surface area contributed by atoms with Crippen LogP contribution in [0.4, 0.5) is 10.1 Å². The Morgan fingerprint density at radius 3 is 2.47 bits per heavy atom. The number of nitrogens with one attached hydrogen (secondary N) is 1. The summed E-state index contributed by atoms with van der Waals surface area (Å²) < 4.78 is 13.6. The molecule has 0 heterocycles. The van der Waals surface area contributed by atoms with Gasteiger partial charge in [0.2, 0.25) is 0 Å². The van der Waals surface area contributed by atoms with E-state index in [1.54, 1.807) is 12.1 Å². The predicted octanol–water partition coefficient (Wildman–Crippen LogP) is 5.08. The maximum atomic E-state index is 13.1. The lowest BCUT2D eigenvalue weighted by Gasteiger charge is -2.08. The van der Waals surface area contributed by atoms with Gasteiger partial charge < -0.3 is 5.32 Å². The van der Waals surface area contributed by atoms with Crippen molar-refractivity contribution < 1.29 is 4.39 Å². The van der Waals surface area contributed by atoms with Crippen LogP contribution in [0.15, 0.2) is 46.9 Å². The quantitative estimate of drug-likeness (QED) is 0.828. The average Bonchev–Trinajstić information content (AvgIpc) is 3.25. The number of anilines is 1. The van der Waals surface area contributed by atoms with Gasteiger partial charge in [0.1, 0.15) is 5.82 Å². The molecule has 1 nitrogen and oxygen atoms in total. The van der Waals surface area contributed by atoms with E-state index in [1.807, 2.05) is 0 Å². The Bertz CT molecular complexity index is 576. The van der Waals surface area contributed by atoms with Gasteiger partial charge in [0.15, 0.2) is 0 Å². The summed E-state index contributed by atoms with van der Waals surface area (Å²) in [7, 11) is 0. The van der Waals surface area contributed by atoms with Crippen molar-refractivity contribution in [3.05, 3.63) is 63.9 Å². The molecule has 0 atom stereocenters. The third kappa shape index (κ3) is 3.16. The highest BCUT2D eigenvalue weighted by Crippen LogP contribution is 2.39. The van der Waals surface area contributed by atoms with Crippen molar-refractivity contribution in [2.75, 3.05) is 5.32 Å². The van der Waals surface area contributed by atoms with Crippen LogP contribution in [0.5, 0.6) is 0 Å². The van der Waals surface area contributed by atoms with Crippen LogP contribution in [0, 0.1) is 5.82 Å². The first-order valence-corrected chi connectivity index (χ1v) is 7.29. The first-order chi connectivity index (χ1) is 9.22. The summed E-state index contributed by atoms with van der Waals surface area (Å²) in [6, 6.07) is 13.7. The van der Waals surface area contributed by atoms with Gasteiger partial charge in [-0.05, 0) is 64.0 Å². The molecule has 0 bridgehead atoms. The van der Waals surface area contributed by atoms with Gasteiger partial charge in [0.05, 0.1) is 4.47 Å². The van der Waals surface area contributed by atoms with Crippen molar-refractivity contribution in [1.29, 1.82) is 0 Å². The van der Waals surface area contributed by atoms with E-state index in [2.05, 4.69) is 45.5 Å². The maximum absolute atomic E-state index is 13.1. The summed E-state index contributed by atoms with van der Waals surface area (Å²) >= 11 is 3.19. The summed E-state index contributed by atoms with van der Waals surface area (Å²) in [6.07, 6.45) is 2.67. The van der Waals surface area contributed by atoms with Crippen LogP contribution in [0.25, 0.3) is 0 Å². The van der Waals surface area contributed by atoms with Gasteiger partial charge in [0, 0.05) is 12.2 Å². The zero-order valence-electron chi connectivity index (χ0n) is 10.5. The first-order valence-electron chi connectivity index (χ1n) is 6.50. The zero-order valence-corrected chi connectivity index (χ0v) is 12.1. The second-order valence-corrected chi connectivity index (χ2v) is 5.85. The van der Waals surface area contributed by atoms with E-state index in [1.165, 1.54) is 30.0 Å². The van der Waals surface area contributed by atoms with Crippen LogP contribution in [-0.2, 0) is 6.54 Å². The van der Waals surface area contributed by atoms with Crippen LogP contribution in [-0.4, -0.2) is 0 Å².